The van der Waals surface area contributed by atoms with Crippen LogP contribution >= 0.6 is 11.3 Å². The predicted octanol–water partition coefficient (Wildman–Crippen LogP) is 1.87. The first-order valence-electron chi connectivity index (χ1n) is 10.1. The Bertz CT molecular complexity index is 1540. The first-order valence-corrected chi connectivity index (χ1v) is 14.3. The average Bonchev–Trinajstić information content (AvgIpc) is 3.05. The van der Waals surface area contributed by atoms with Gasteiger partial charge in [-0.1, -0.05) is 29.5 Å². The molecule has 2 aromatic carbocycles. The van der Waals surface area contributed by atoms with Gasteiger partial charge in [0.1, 0.15) is 4.70 Å². The van der Waals surface area contributed by atoms with Gasteiger partial charge in [-0.05, 0) is 24.6 Å². The summed E-state index contributed by atoms with van der Waals surface area (Å²) >= 11 is 0.907. The summed E-state index contributed by atoms with van der Waals surface area (Å²) in [6.07, 6.45) is 1.36. The molecule has 2 heterocycles. The highest BCUT2D eigenvalue weighted by Crippen LogP contribution is 2.34. The number of fused-ring (bicyclic) bond motifs is 1. The number of nitro groups is 1. The van der Waals surface area contributed by atoms with E-state index in [0.717, 1.165) is 29.7 Å². The van der Waals surface area contributed by atoms with Gasteiger partial charge in [-0.2, -0.15) is 9.29 Å². The lowest BCUT2D eigenvalue weighted by Crippen LogP contribution is -2.35. The summed E-state index contributed by atoms with van der Waals surface area (Å²) in [5, 5.41) is 11.7. The summed E-state index contributed by atoms with van der Waals surface area (Å²) in [7, 11) is -7.47. The van der Waals surface area contributed by atoms with E-state index in [1.807, 2.05) is 0 Å². The maximum atomic E-state index is 13.0. The first-order chi connectivity index (χ1) is 16.0. The van der Waals surface area contributed by atoms with Crippen LogP contribution in [0, 0.1) is 10.1 Å². The number of non-ortho nitro benzene ring substituents is 1. The molecule has 1 aliphatic heterocycles. The molecule has 34 heavy (non-hydrogen) atoms. The molecule has 0 radical (unpaired) electrons. The van der Waals surface area contributed by atoms with Crippen LogP contribution < -0.4 is 10.5 Å². The molecule has 0 saturated carbocycles. The summed E-state index contributed by atoms with van der Waals surface area (Å²) in [5.41, 5.74) is -1.28. The van der Waals surface area contributed by atoms with Crippen LogP contribution in [0.1, 0.15) is 6.42 Å². The third kappa shape index (κ3) is 4.66. The Morgan fingerprint density at radius 3 is 2.35 bits per heavy atom. The van der Waals surface area contributed by atoms with Crippen molar-refractivity contribution in [3.63, 3.8) is 0 Å². The van der Waals surface area contributed by atoms with E-state index in [1.165, 1.54) is 16.4 Å². The summed E-state index contributed by atoms with van der Waals surface area (Å²) < 4.78 is 51.2. The number of sulfone groups is 1. The van der Waals surface area contributed by atoms with E-state index in [-0.39, 0.29) is 44.6 Å². The molecular weight excluding hydrogens is 504 g/mol. The highest BCUT2D eigenvalue weighted by molar-refractivity contribution is 7.90. The van der Waals surface area contributed by atoms with Crippen LogP contribution in [-0.4, -0.2) is 63.5 Å². The number of hydrogen-bond donors (Lipinski definition) is 0. The molecule has 3 aromatic rings. The Morgan fingerprint density at radius 2 is 1.71 bits per heavy atom. The smallest absolute Gasteiger partial charge is 0.288 e. The minimum atomic E-state index is -3.78. The van der Waals surface area contributed by atoms with E-state index < -0.39 is 36.0 Å². The Labute approximate surface area is 199 Å². The Morgan fingerprint density at radius 1 is 1.00 bits per heavy atom. The fraction of sp³-hybridized carbons (Fsp3) is 0.300. The number of nitro benzene ring substituents is 1. The van der Waals surface area contributed by atoms with Gasteiger partial charge < -0.3 is 4.90 Å². The molecule has 0 amide bonds. The molecule has 0 bridgehead atoms. The lowest BCUT2D eigenvalue weighted by molar-refractivity contribution is -0.383. The van der Waals surface area contributed by atoms with Crippen molar-refractivity contribution < 1.29 is 21.8 Å². The zero-order valence-electron chi connectivity index (χ0n) is 17.9. The highest BCUT2D eigenvalue weighted by atomic mass is 32.2. The Kier molecular flexibility index (Phi) is 6.42. The van der Waals surface area contributed by atoms with Gasteiger partial charge in [0.2, 0.25) is 10.0 Å². The fourth-order valence-corrected chi connectivity index (χ4v) is 6.93. The van der Waals surface area contributed by atoms with Crippen molar-refractivity contribution in [3.8, 4) is 0 Å². The zero-order chi connectivity index (χ0) is 24.7. The van der Waals surface area contributed by atoms with E-state index >= 15 is 0 Å². The van der Waals surface area contributed by atoms with Gasteiger partial charge in [0.25, 0.3) is 11.2 Å². The first kappa shape index (κ1) is 24.2. The maximum Gasteiger partial charge on any atom is 0.288 e. The largest absolute Gasteiger partial charge is 0.347 e. The number of hydrogen-bond acceptors (Lipinski definition) is 10. The van der Waals surface area contributed by atoms with Crippen LogP contribution in [0.3, 0.4) is 0 Å². The number of rotatable bonds is 5. The molecule has 4 rings (SSSR count). The van der Waals surface area contributed by atoms with E-state index in [0.29, 0.717) is 13.0 Å². The SMILES string of the molecule is CS(=O)(=O)c1cc([N+](=O)[O-])c2sc(N3CCCN(S(=O)(=O)c4ccccc4)CC3)nc(=O)c2c1. The van der Waals surface area contributed by atoms with Gasteiger partial charge in [-0.15, -0.1) is 0 Å². The lowest BCUT2D eigenvalue weighted by Gasteiger charge is -2.22. The van der Waals surface area contributed by atoms with E-state index in [1.54, 1.807) is 23.1 Å². The molecule has 1 fully saturated rings. The second kappa shape index (κ2) is 9.02. The fourth-order valence-electron chi connectivity index (χ4n) is 3.67. The van der Waals surface area contributed by atoms with Crippen LogP contribution in [0.15, 0.2) is 57.1 Å². The topological polar surface area (TPSA) is 148 Å². The highest BCUT2D eigenvalue weighted by Gasteiger charge is 2.28. The van der Waals surface area contributed by atoms with Crippen molar-refractivity contribution in [3.05, 3.63) is 62.9 Å². The predicted molar refractivity (Wildman–Crippen MR) is 128 cm³/mol. The lowest BCUT2D eigenvalue weighted by atomic mass is 10.2. The average molecular weight is 525 g/mol. The molecule has 0 unspecified atom stereocenters. The van der Waals surface area contributed by atoms with Crippen LogP contribution in [0.25, 0.3) is 10.1 Å². The number of sulfonamides is 1. The number of nitrogens with zero attached hydrogens (tertiary/aromatic N) is 4. The van der Waals surface area contributed by atoms with Crippen LogP contribution in [0.4, 0.5) is 10.8 Å². The molecule has 180 valence electrons. The summed E-state index contributed by atoms with van der Waals surface area (Å²) in [4.78, 5) is 29.3. The minimum Gasteiger partial charge on any atom is -0.347 e. The second-order valence-corrected chi connectivity index (χ2v) is 12.6. The van der Waals surface area contributed by atoms with Crippen LogP contribution in [-0.2, 0) is 19.9 Å². The van der Waals surface area contributed by atoms with Crippen molar-refractivity contribution in [2.75, 3.05) is 37.3 Å². The molecular formula is C20H20N4O7S3. The zero-order valence-corrected chi connectivity index (χ0v) is 20.4. The molecule has 1 aliphatic rings. The van der Waals surface area contributed by atoms with Crippen molar-refractivity contribution in [1.29, 1.82) is 0 Å². The van der Waals surface area contributed by atoms with Crippen molar-refractivity contribution in [1.82, 2.24) is 9.29 Å². The quantitative estimate of drug-likeness (QED) is 0.360. The van der Waals surface area contributed by atoms with Gasteiger partial charge in [-0.25, -0.2) is 16.8 Å². The molecule has 14 heteroatoms. The third-order valence-corrected chi connectivity index (χ3v) is 9.57. The summed E-state index contributed by atoms with van der Waals surface area (Å²) in [6.45, 7) is 1.04. The van der Waals surface area contributed by atoms with Crippen LogP contribution in [0.2, 0.25) is 0 Å². The normalized spacial score (nSPS) is 15.9. The van der Waals surface area contributed by atoms with Crippen LogP contribution in [0.5, 0.6) is 0 Å². The monoisotopic (exact) mass is 524 g/mol. The number of benzene rings is 2. The molecule has 0 aliphatic carbocycles. The summed E-state index contributed by atoms with van der Waals surface area (Å²) in [6, 6.07) is 10.1. The number of aromatic nitrogens is 1. The van der Waals surface area contributed by atoms with Gasteiger partial charge >= 0.3 is 0 Å². The maximum absolute atomic E-state index is 13.0. The molecule has 0 spiro atoms. The van der Waals surface area contributed by atoms with E-state index in [4.69, 9.17) is 0 Å². The molecule has 1 aromatic heterocycles. The molecule has 11 nitrogen and oxygen atoms in total. The Hall–Kier alpha value is -2.94. The standard InChI is InChI=1S/C20H20N4O7S3/c1-33(28,29)15-12-16-18(17(13-15)24(26)27)32-20(21-19(16)25)22-8-5-9-23(11-10-22)34(30,31)14-6-3-2-4-7-14/h2-4,6-7,12-13H,5,8-11H2,1H3. The van der Waals surface area contributed by atoms with Gasteiger partial charge in [0.15, 0.2) is 15.0 Å². The van der Waals surface area contributed by atoms with Gasteiger partial charge in [0, 0.05) is 38.5 Å². The van der Waals surface area contributed by atoms with Crippen molar-refractivity contribution in [2.24, 2.45) is 0 Å². The van der Waals surface area contributed by atoms with E-state index in [9.17, 15) is 31.7 Å². The second-order valence-electron chi connectivity index (χ2n) is 7.71. The van der Waals surface area contributed by atoms with Gasteiger partial charge in [-0.3, -0.25) is 14.9 Å². The van der Waals surface area contributed by atoms with Crippen molar-refractivity contribution in [2.45, 2.75) is 16.2 Å². The molecule has 0 atom stereocenters. The molecule has 0 N–H and O–H groups in total. The van der Waals surface area contributed by atoms with Gasteiger partial charge in [0.05, 0.1) is 20.1 Å². The number of anilines is 1. The summed E-state index contributed by atoms with van der Waals surface area (Å²) in [5.74, 6) is 0. The molecule has 1 saturated heterocycles. The van der Waals surface area contributed by atoms with Crippen molar-refractivity contribution >= 4 is 52.1 Å². The Balaban J connectivity index is 1.70. The third-order valence-electron chi connectivity index (χ3n) is 5.40. The van der Waals surface area contributed by atoms with E-state index in [2.05, 4.69) is 4.98 Å². The minimum absolute atomic E-state index is 0.0189.